The van der Waals surface area contributed by atoms with E-state index in [-0.39, 0.29) is 11.7 Å². The summed E-state index contributed by atoms with van der Waals surface area (Å²) >= 11 is 0. The molecule has 8 heteroatoms. The van der Waals surface area contributed by atoms with Crippen LogP contribution >= 0.6 is 0 Å². The molecule has 1 aliphatic carbocycles. The summed E-state index contributed by atoms with van der Waals surface area (Å²) in [5.74, 6) is 0.377. The molecule has 110 valence electrons. The second kappa shape index (κ2) is 5.26. The second-order valence-corrected chi connectivity index (χ2v) is 4.88. The van der Waals surface area contributed by atoms with E-state index < -0.39 is 22.5 Å². The lowest BCUT2D eigenvalue weighted by Crippen LogP contribution is -2.12. The van der Waals surface area contributed by atoms with E-state index in [1.165, 1.54) is 0 Å². The standard InChI is InChI=1S/C12H14F3N3O2/c1-2-3-7-4-8(7)17-9-5-11(12(13,14)15)16-6-10(9)18(19)20/h5-8H,2-4H2,1H3,(H,16,17). The van der Waals surface area contributed by atoms with Gasteiger partial charge in [-0.2, -0.15) is 13.2 Å². The maximum atomic E-state index is 12.6. The monoisotopic (exact) mass is 289 g/mol. The van der Waals surface area contributed by atoms with E-state index in [4.69, 9.17) is 0 Å². The molecule has 0 spiro atoms. The molecule has 5 nitrogen and oxygen atoms in total. The third-order valence-corrected chi connectivity index (χ3v) is 3.29. The third kappa shape index (κ3) is 3.17. The van der Waals surface area contributed by atoms with Crippen LogP contribution in [0, 0.1) is 16.0 Å². The average Bonchev–Trinajstić information content (AvgIpc) is 3.06. The Bertz CT molecular complexity index is 519. The fourth-order valence-corrected chi connectivity index (χ4v) is 2.18. The van der Waals surface area contributed by atoms with E-state index in [1.807, 2.05) is 6.92 Å². The minimum absolute atomic E-state index is 0.0112. The minimum Gasteiger partial charge on any atom is -0.376 e. The van der Waals surface area contributed by atoms with Gasteiger partial charge in [0.1, 0.15) is 17.6 Å². The van der Waals surface area contributed by atoms with Crippen LogP contribution in [-0.4, -0.2) is 15.9 Å². The van der Waals surface area contributed by atoms with Crippen LogP contribution in [0.4, 0.5) is 24.5 Å². The predicted octanol–water partition coefficient (Wildman–Crippen LogP) is 3.61. The summed E-state index contributed by atoms with van der Waals surface area (Å²) in [5, 5.41) is 13.7. The molecule has 1 N–H and O–H groups in total. The molecular formula is C12H14F3N3O2. The van der Waals surface area contributed by atoms with Crippen molar-refractivity contribution in [2.45, 2.75) is 38.4 Å². The lowest BCUT2D eigenvalue weighted by atomic mass is 10.2. The van der Waals surface area contributed by atoms with E-state index in [9.17, 15) is 23.3 Å². The summed E-state index contributed by atoms with van der Waals surface area (Å²) in [5.41, 5.74) is -1.67. The largest absolute Gasteiger partial charge is 0.433 e. The van der Waals surface area contributed by atoms with Crippen LogP contribution in [-0.2, 0) is 6.18 Å². The van der Waals surface area contributed by atoms with Gasteiger partial charge in [-0.05, 0) is 24.8 Å². The maximum Gasteiger partial charge on any atom is 0.433 e. The highest BCUT2D eigenvalue weighted by molar-refractivity contribution is 5.62. The quantitative estimate of drug-likeness (QED) is 0.664. The molecule has 2 atom stereocenters. The van der Waals surface area contributed by atoms with Crippen molar-refractivity contribution in [3.05, 3.63) is 28.1 Å². The van der Waals surface area contributed by atoms with E-state index in [1.54, 1.807) is 0 Å². The smallest absolute Gasteiger partial charge is 0.376 e. The van der Waals surface area contributed by atoms with E-state index in [2.05, 4.69) is 10.3 Å². The van der Waals surface area contributed by atoms with Crippen molar-refractivity contribution in [3.8, 4) is 0 Å². The number of pyridine rings is 1. The van der Waals surface area contributed by atoms with Crippen molar-refractivity contribution in [2.75, 3.05) is 5.32 Å². The van der Waals surface area contributed by atoms with E-state index >= 15 is 0 Å². The number of aromatic nitrogens is 1. The first-order valence-corrected chi connectivity index (χ1v) is 6.31. The number of anilines is 1. The zero-order chi connectivity index (χ0) is 14.9. The molecule has 1 fully saturated rings. The van der Waals surface area contributed by atoms with Crippen molar-refractivity contribution >= 4 is 11.4 Å². The number of nitro groups is 1. The van der Waals surface area contributed by atoms with Gasteiger partial charge in [0.2, 0.25) is 0 Å². The zero-order valence-corrected chi connectivity index (χ0v) is 10.8. The van der Waals surface area contributed by atoms with Gasteiger partial charge in [0.25, 0.3) is 0 Å². The number of nitrogens with one attached hydrogen (secondary N) is 1. The summed E-state index contributed by atoms with van der Waals surface area (Å²) in [6, 6.07) is 0.719. The molecular weight excluding hydrogens is 275 g/mol. The van der Waals surface area contributed by atoms with Gasteiger partial charge >= 0.3 is 11.9 Å². The highest BCUT2D eigenvalue weighted by Gasteiger charge is 2.39. The topological polar surface area (TPSA) is 68.1 Å². The van der Waals surface area contributed by atoms with Crippen molar-refractivity contribution < 1.29 is 18.1 Å². The predicted molar refractivity (Wildman–Crippen MR) is 66.3 cm³/mol. The summed E-state index contributed by atoms with van der Waals surface area (Å²) in [6.45, 7) is 2.02. The molecule has 2 rings (SSSR count). The molecule has 1 saturated carbocycles. The summed E-state index contributed by atoms with van der Waals surface area (Å²) in [7, 11) is 0. The van der Waals surface area contributed by atoms with Gasteiger partial charge in [-0.3, -0.25) is 10.1 Å². The van der Waals surface area contributed by atoms with E-state index in [0.717, 1.165) is 19.3 Å². The average molecular weight is 289 g/mol. The van der Waals surface area contributed by atoms with Gasteiger partial charge < -0.3 is 5.32 Å². The van der Waals surface area contributed by atoms with Crippen LogP contribution in [0.5, 0.6) is 0 Å². The van der Waals surface area contributed by atoms with Crippen LogP contribution in [0.3, 0.4) is 0 Å². The second-order valence-electron chi connectivity index (χ2n) is 4.88. The Morgan fingerprint density at radius 2 is 2.25 bits per heavy atom. The first-order chi connectivity index (χ1) is 9.32. The lowest BCUT2D eigenvalue weighted by Gasteiger charge is -2.10. The first-order valence-electron chi connectivity index (χ1n) is 6.31. The number of rotatable bonds is 5. The Balaban J connectivity index is 2.22. The van der Waals surface area contributed by atoms with Crippen LogP contribution < -0.4 is 5.32 Å². The molecule has 0 aromatic carbocycles. The molecule has 1 heterocycles. The third-order valence-electron chi connectivity index (χ3n) is 3.29. The fourth-order valence-electron chi connectivity index (χ4n) is 2.18. The molecule has 1 aromatic rings. The Morgan fingerprint density at radius 3 is 2.80 bits per heavy atom. The first kappa shape index (κ1) is 14.5. The Morgan fingerprint density at radius 1 is 1.55 bits per heavy atom. The van der Waals surface area contributed by atoms with Crippen molar-refractivity contribution in [1.29, 1.82) is 0 Å². The molecule has 0 aliphatic heterocycles. The normalized spacial score (nSPS) is 21.6. The number of halogens is 3. The number of nitrogens with zero attached hydrogens (tertiary/aromatic N) is 2. The molecule has 1 aromatic heterocycles. The molecule has 0 bridgehead atoms. The van der Waals surface area contributed by atoms with Crippen LogP contribution in [0.15, 0.2) is 12.3 Å². The van der Waals surface area contributed by atoms with E-state index in [0.29, 0.717) is 18.2 Å². The van der Waals surface area contributed by atoms with Crippen LogP contribution in [0.1, 0.15) is 31.9 Å². The zero-order valence-electron chi connectivity index (χ0n) is 10.8. The van der Waals surface area contributed by atoms with Gasteiger partial charge in [0, 0.05) is 6.04 Å². The number of hydrogen-bond acceptors (Lipinski definition) is 4. The Labute approximate surface area is 113 Å². The number of alkyl halides is 3. The lowest BCUT2D eigenvalue weighted by molar-refractivity contribution is -0.384. The van der Waals surface area contributed by atoms with Gasteiger partial charge in [-0.25, -0.2) is 4.98 Å². The summed E-state index contributed by atoms with van der Waals surface area (Å²) in [6.07, 6.45) is -1.19. The molecule has 0 radical (unpaired) electrons. The highest BCUT2D eigenvalue weighted by atomic mass is 19.4. The summed E-state index contributed by atoms with van der Waals surface area (Å²) in [4.78, 5) is 13.2. The van der Waals surface area contributed by atoms with Crippen molar-refractivity contribution in [2.24, 2.45) is 5.92 Å². The van der Waals surface area contributed by atoms with Crippen LogP contribution in [0.25, 0.3) is 0 Å². The highest BCUT2D eigenvalue weighted by Crippen LogP contribution is 2.40. The van der Waals surface area contributed by atoms with Crippen LogP contribution in [0.2, 0.25) is 0 Å². The molecule has 0 saturated heterocycles. The summed E-state index contributed by atoms with van der Waals surface area (Å²) < 4.78 is 37.8. The molecule has 2 unspecified atom stereocenters. The minimum atomic E-state index is -4.61. The molecule has 0 amide bonds. The Kier molecular flexibility index (Phi) is 3.82. The van der Waals surface area contributed by atoms with Gasteiger partial charge in [-0.1, -0.05) is 13.3 Å². The van der Waals surface area contributed by atoms with Crippen molar-refractivity contribution in [1.82, 2.24) is 4.98 Å². The number of hydrogen-bond donors (Lipinski definition) is 1. The SMILES string of the molecule is CCCC1CC1Nc1cc(C(F)(F)F)ncc1[N+](=O)[O-]. The molecule has 20 heavy (non-hydrogen) atoms. The Hall–Kier alpha value is -1.86. The molecule has 1 aliphatic rings. The van der Waals surface area contributed by atoms with Gasteiger partial charge in [0.15, 0.2) is 0 Å². The fraction of sp³-hybridized carbons (Fsp3) is 0.583. The van der Waals surface area contributed by atoms with Gasteiger partial charge in [0.05, 0.1) is 4.92 Å². The van der Waals surface area contributed by atoms with Crippen molar-refractivity contribution in [3.63, 3.8) is 0 Å². The maximum absolute atomic E-state index is 12.6. The van der Waals surface area contributed by atoms with Gasteiger partial charge in [-0.15, -0.1) is 0 Å².